The van der Waals surface area contributed by atoms with Crippen molar-refractivity contribution in [3.8, 4) is 0 Å². The Morgan fingerprint density at radius 1 is 1.33 bits per heavy atom. The number of alkyl halides is 1. The van der Waals surface area contributed by atoms with Crippen molar-refractivity contribution in [2.24, 2.45) is 0 Å². The Balaban J connectivity index is 2.17. The molecule has 1 amide bonds. The van der Waals surface area contributed by atoms with E-state index in [-0.39, 0.29) is 11.3 Å². The SMILES string of the molecule is CC(C)(C(=O)N1CCCC(Cl)C1)c1ccccc1. The molecule has 1 aliphatic heterocycles. The van der Waals surface area contributed by atoms with Crippen LogP contribution in [0.15, 0.2) is 30.3 Å². The number of carbonyl (C=O) groups excluding carboxylic acids is 1. The Hall–Kier alpha value is -1.02. The maximum atomic E-state index is 12.6. The van der Waals surface area contributed by atoms with Crippen LogP contribution in [0.25, 0.3) is 0 Å². The molecule has 2 nitrogen and oxygen atoms in total. The molecule has 1 aromatic rings. The predicted molar refractivity (Wildman–Crippen MR) is 74.9 cm³/mol. The number of hydrogen-bond donors (Lipinski definition) is 0. The molecule has 1 fully saturated rings. The number of benzene rings is 1. The van der Waals surface area contributed by atoms with E-state index in [0.29, 0.717) is 6.54 Å². The number of carbonyl (C=O) groups is 1. The molecule has 1 aliphatic rings. The van der Waals surface area contributed by atoms with E-state index in [9.17, 15) is 4.79 Å². The quantitative estimate of drug-likeness (QED) is 0.752. The van der Waals surface area contributed by atoms with Gasteiger partial charge in [0.05, 0.1) is 10.8 Å². The Morgan fingerprint density at radius 3 is 2.61 bits per heavy atom. The lowest BCUT2D eigenvalue weighted by atomic mass is 9.83. The average Bonchev–Trinajstić information content (AvgIpc) is 2.39. The molecule has 1 unspecified atom stereocenters. The number of hydrogen-bond acceptors (Lipinski definition) is 1. The zero-order valence-electron chi connectivity index (χ0n) is 11.0. The summed E-state index contributed by atoms with van der Waals surface area (Å²) in [5, 5.41) is 0.106. The molecule has 98 valence electrons. The van der Waals surface area contributed by atoms with Gasteiger partial charge in [0.25, 0.3) is 0 Å². The van der Waals surface area contributed by atoms with Gasteiger partial charge in [-0.2, -0.15) is 0 Å². The topological polar surface area (TPSA) is 20.3 Å². The van der Waals surface area contributed by atoms with E-state index < -0.39 is 5.41 Å². The number of likely N-dealkylation sites (tertiary alicyclic amines) is 1. The van der Waals surface area contributed by atoms with Gasteiger partial charge in [-0.15, -0.1) is 11.6 Å². The number of rotatable bonds is 2. The first-order valence-corrected chi connectivity index (χ1v) is 6.94. The Bertz CT molecular complexity index is 416. The number of nitrogens with zero attached hydrogens (tertiary/aromatic N) is 1. The van der Waals surface area contributed by atoms with Crippen LogP contribution in [0.4, 0.5) is 0 Å². The van der Waals surface area contributed by atoms with E-state index in [2.05, 4.69) is 0 Å². The molecular formula is C15H20ClNO. The van der Waals surface area contributed by atoms with Crippen LogP contribution < -0.4 is 0 Å². The summed E-state index contributed by atoms with van der Waals surface area (Å²) in [6.45, 7) is 5.49. The van der Waals surface area contributed by atoms with Crippen molar-refractivity contribution in [2.75, 3.05) is 13.1 Å². The molecule has 1 saturated heterocycles. The van der Waals surface area contributed by atoms with Crippen LogP contribution in [0.5, 0.6) is 0 Å². The molecule has 0 saturated carbocycles. The fourth-order valence-electron chi connectivity index (χ4n) is 2.48. The first kappa shape index (κ1) is 13.4. The van der Waals surface area contributed by atoms with Crippen LogP contribution >= 0.6 is 11.6 Å². The smallest absolute Gasteiger partial charge is 0.232 e. The summed E-state index contributed by atoms with van der Waals surface area (Å²) in [6, 6.07) is 9.95. The van der Waals surface area contributed by atoms with Gasteiger partial charge >= 0.3 is 0 Å². The van der Waals surface area contributed by atoms with Crippen LogP contribution in [0.3, 0.4) is 0 Å². The molecule has 0 radical (unpaired) electrons. The summed E-state index contributed by atoms with van der Waals surface area (Å²) in [6.07, 6.45) is 2.02. The molecule has 0 aliphatic carbocycles. The van der Waals surface area contributed by atoms with Crippen molar-refractivity contribution < 1.29 is 4.79 Å². The van der Waals surface area contributed by atoms with Crippen LogP contribution in [0, 0.1) is 0 Å². The molecule has 0 aromatic heterocycles. The van der Waals surface area contributed by atoms with Crippen molar-refractivity contribution in [3.05, 3.63) is 35.9 Å². The number of halogens is 1. The maximum Gasteiger partial charge on any atom is 0.232 e. The van der Waals surface area contributed by atoms with E-state index in [1.165, 1.54) is 0 Å². The highest BCUT2D eigenvalue weighted by Crippen LogP contribution is 2.27. The number of amides is 1. The van der Waals surface area contributed by atoms with Crippen LogP contribution in [-0.2, 0) is 10.2 Å². The van der Waals surface area contributed by atoms with Gasteiger partial charge in [0.1, 0.15) is 0 Å². The second-order valence-corrected chi connectivity index (χ2v) is 6.10. The lowest BCUT2D eigenvalue weighted by molar-refractivity contribution is -0.137. The zero-order chi connectivity index (χ0) is 13.2. The Kier molecular flexibility index (Phi) is 3.96. The van der Waals surface area contributed by atoms with Crippen molar-refractivity contribution in [1.29, 1.82) is 0 Å². The van der Waals surface area contributed by atoms with Gasteiger partial charge in [-0.1, -0.05) is 30.3 Å². The molecule has 3 heteroatoms. The van der Waals surface area contributed by atoms with Crippen LogP contribution in [0.2, 0.25) is 0 Å². The molecule has 1 atom stereocenters. The predicted octanol–water partition coefficient (Wildman–Crippen LogP) is 3.19. The highest BCUT2D eigenvalue weighted by Gasteiger charge is 2.35. The first-order valence-electron chi connectivity index (χ1n) is 6.51. The standard InChI is InChI=1S/C15H20ClNO/c1-15(2,12-7-4-3-5-8-12)14(18)17-10-6-9-13(16)11-17/h3-5,7-8,13H,6,9-11H2,1-2H3. The third-order valence-electron chi connectivity index (χ3n) is 3.68. The average molecular weight is 266 g/mol. The van der Waals surface area contributed by atoms with Crippen molar-refractivity contribution in [1.82, 2.24) is 4.90 Å². The summed E-state index contributed by atoms with van der Waals surface area (Å²) in [5.74, 6) is 0.180. The second kappa shape index (κ2) is 5.31. The molecule has 0 N–H and O–H groups in total. The lowest BCUT2D eigenvalue weighted by Gasteiger charge is -2.36. The van der Waals surface area contributed by atoms with Gasteiger partial charge in [0.15, 0.2) is 0 Å². The number of piperidine rings is 1. The minimum atomic E-state index is -0.477. The van der Waals surface area contributed by atoms with Crippen molar-refractivity contribution in [3.63, 3.8) is 0 Å². The molecule has 18 heavy (non-hydrogen) atoms. The molecule has 1 aromatic carbocycles. The molecule has 2 rings (SSSR count). The van der Waals surface area contributed by atoms with E-state index in [1.807, 2.05) is 49.1 Å². The lowest BCUT2D eigenvalue weighted by Crippen LogP contribution is -2.48. The van der Waals surface area contributed by atoms with E-state index in [1.54, 1.807) is 0 Å². The van der Waals surface area contributed by atoms with Gasteiger partial charge < -0.3 is 4.90 Å². The summed E-state index contributed by atoms with van der Waals surface area (Å²) in [5.41, 5.74) is 0.585. The maximum absolute atomic E-state index is 12.6. The summed E-state index contributed by atoms with van der Waals surface area (Å²) < 4.78 is 0. The van der Waals surface area contributed by atoms with Crippen LogP contribution in [0.1, 0.15) is 32.3 Å². The summed E-state index contributed by atoms with van der Waals surface area (Å²) in [4.78, 5) is 14.5. The first-order chi connectivity index (χ1) is 8.51. The minimum Gasteiger partial charge on any atom is -0.340 e. The fourth-order valence-corrected chi connectivity index (χ4v) is 2.80. The van der Waals surface area contributed by atoms with E-state index in [0.717, 1.165) is 24.9 Å². The molecular weight excluding hydrogens is 246 g/mol. The zero-order valence-corrected chi connectivity index (χ0v) is 11.8. The van der Waals surface area contributed by atoms with Crippen LogP contribution in [-0.4, -0.2) is 29.3 Å². The largest absolute Gasteiger partial charge is 0.340 e. The minimum absolute atomic E-state index is 0.106. The highest BCUT2D eigenvalue weighted by molar-refractivity contribution is 6.21. The summed E-state index contributed by atoms with van der Waals surface area (Å²) >= 11 is 6.16. The monoisotopic (exact) mass is 265 g/mol. The van der Waals surface area contributed by atoms with E-state index >= 15 is 0 Å². The normalized spacial score (nSPS) is 20.8. The Morgan fingerprint density at radius 2 is 2.00 bits per heavy atom. The summed E-state index contributed by atoms with van der Waals surface area (Å²) in [7, 11) is 0. The molecule has 1 heterocycles. The molecule has 0 bridgehead atoms. The van der Waals surface area contributed by atoms with Crippen molar-refractivity contribution >= 4 is 17.5 Å². The van der Waals surface area contributed by atoms with Crippen molar-refractivity contribution in [2.45, 2.75) is 37.5 Å². The fraction of sp³-hybridized carbons (Fsp3) is 0.533. The highest BCUT2D eigenvalue weighted by atomic mass is 35.5. The van der Waals surface area contributed by atoms with Gasteiger partial charge in [0, 0.05) is 13.1 Å². The molecule has 0 spiro atoms. The Labute approximate surface area is 114 Å². The van der Waals surface area contributed by atoms with Gasteiger partial charge in [-0.05, 0) is 32.3 Å². The third-order valence-corrected chi connectivity index (χ3v) is 4.04. The second-order valence-electron chi connectivity index (χ2n) is 5.48. The van der Waals surface area contributed by atoms with E-state index in [4.69, 9.17) is 11.6 Å². The van der Waals surface area contributed by atoms with Gasteiger partial charge in [-0.25, -0.2) is 0 Å². The third kappa shape index (κ3) is 2.69. The van der Waals surface area contributed by atoms with Gasteiger partial charge in [0.2, 0.25) is 5.91 Å². The van der Waals surface area contributed by atoms with Gasteiger partial charge in [-0.3, -0.25) is 4.79 Å².